The van der Waals surface area contributed by atoms with Crippen LogP contribution in [0.1, 0.15) is 25.5 Å². The van der Waals surface area contributed by atoms with Crippen LogP contribution in [0.5, 0.6) is 0 Å². The summed E-state index contributed by atoms with van der Waals surface area (Å²) in [5.74, 6) is -0.244. The van der Waals surface area contributed by atoms with Crippen molar-refractivity contribution in [2.24, 2.45) is 16.9 Å². The number of hydrogen-bond acceptors (Lipinski definition) is 2. The average molecular weight is 196 g/mol. The van der Waals surface area contributed by atoms with Gasteiger partial charge in [0.25, 0.3) is 0 Å². The van der Waals surface area contributed by atoms with Crippen molar-refractivity contribution in [2.45, 2.75) is 19.9 Å². The van der Waals surface area contributed by atoms with E-state index in [-0.39, 0.29) is 17.3 Å². The van der Waals surface area contributed by atoms with E-state index >= 15 is 0 Å². The van der Waals surface area contributed by atoms with E-state index in [4.69, 9.17) is 11.5 Å². The maximum absolute atomic E-state index is 12.7. The molecule has 0 aliphatic heterocycles. The van der Waals surface area contributed by atoms with Gasteiger partial charge in [-0.15, -0.1) is 0 Å². The lowest BCUT2D eigenvalue weighted by molar-refractivity contribution is 0.301. The molecule has 0 radical (unpaired) electrons. The summed E-state index contributed by atoms with van der Waals surface area (Å²) in [6.07, 6.45) is 0. The zero-order chi connectivity index (χ0) is 10.8. The van der Waals surface area contributed by atoms with Crippen LogP contribution in [0.3, 0.4) is 0 Å². The number of nitrogens with two attached hydrogens (primary N) is 2. The topological polar surface area (TPSA) is 52.0 Å². The van der Waals surface area contributed by atoms with Crippen LogP contribution in [0, 0.1) is 11.2 Å². The van der Waals surface area contributed by atoms with Gasteiger partial charge in [-0.3, -0.25) is 0 Å². The van der Waals surface area contributed by atoms with Gasteiger partial charge in [-0.2, -0.15) is 0 Å². The Balaban J connectivity index is 2.89. The molecule has 0 saturated heterocycles. The Morgan fingerprint density at radius 3 is 2.21 bits per heavy atom. The molecule has 1 aromatic carbocycles. The van der Waals surface area contributed by atoms with Crippen LogP contribution in [0.4, 0.5) is 4.39 Å². The molecule has 78 valence electrons. The largest absolute Gasteiger partial charge is 0.330 e. The van der Waals surface area contributed by atoms with Crippen molar-refractivity contribution in [3.8, 4) is 0 Å². The minimum absolute atomic E-state index is 0.159. The Labute approximate surface area is 84.1 Å². The summed E-state index contributed by atoms with van der Waals surface area (Å²) in [6, 6.07) is 6.09. The Morgan fingerprint density at radius 2 is 1.79 bits per heavy atom. The molecule has 0 heterocycles. The molecule has 3 heteroatoms. The van der Waals surface area contributed by atoms with Crippen molar-refractivity contribution < 1.29 is 4.39 Å². The molecule has 0 aromatic heterocycles. The van der Waals surface area contributed by atoms with Crippen LogP contribution in [0.25, 0.3) is 0 Å². The lowest BCUT2D eigenvalue weighted by atomic mass is 9.81. The molecule has 4 N–H and O–H groups in total. The molecule has 0 bridgehead atoms. The number of halogens is 1. The highest BCUT2D eigenvalue weighted by molar-refractivity contribution is 5.21. The molecule has 1 atom stereocenters. The van der Waals surface area contributed by atoms with Crippen molar-refractivity contribution in [1.29, 1.82) is 0 Å². The Hall–Kier alpha value is -0.930. The quantitative estimate of drug-likeness (QED) is 0.774. The lowest BCUT2D eigenvalue weighted by Gasteiger charge is -2.30. The SMILES string of the molecule is CC(C)(CN)C(N)c1ccc(F)cc1. The van der Waals surface area contributed by atoms with Crippen molar-refractivity contribution in [3.05, 3.63) is 35.6 Å². The smallest absolute Gasteiger partial charge is 0.123 e. The maximum Gasteiger partial charge on any atom is 0.123 e. The van der Waals surface area contributed by atoms with E-state index in [0.717, 1.165) is 5.56 Å². The van der Waals surface area contributed by atoms with E-state index in [0.29, 0.717) is 6.54 Å². The predicted molar refractivity (Wildman–Crippen MR) is 56.2 cm³/mol. The van der Waals surface area contributed by atoms with Crippen molar-refractivity contribution >= 4 is 0 Å². The monoisotopic (exact) mass is 196 g/mol. The first-order chi connectivity index (χ1) is 6.47. The van der Waals surface area contributed by atoms with Gasteiger partial charge in [0.05, 0.1) is 0 Å². The first-order valence-corrected chi connectivity index (χ1v) is 4.68. The van der Waals surface area contributed by atoms with Crippen LogP contribution in [-0.2, 0) is 0 Å². The van der Waals surface area contributed by atoms with Crippen LogP contribution in [0.2, 0.25) is 0 Å². The fourth-order valence-electron chi connectivity index (χ4n) is 1.25. The Bertz CT molecular complexity index is 293. The third-order valence-corrected chi connectivity index (χ3v) is 2.60. The highest BCUT2D eigenvalue weighted by Crippen LogP contribution is 2.29. The molecule has 0 aliphatic carbocycles. The Kier molecular flexibility index (Phi) is 3.24. The van der Waals surface area contributed by atoms with E-state index in [1.165, 1.54) is 12.1 Å². The molecule has 0 saturated carbocycles. The van der Waals surface area contributed by atoms with E-state index in [2.05, 4.69) is 0 Å². The summed E-state index contributed by atoms with van der Waals surface area (Å²) in [7, 11) is 0. The second-order valence-corrected chi connectivity index (χ2v) is 4.22. The molecule has 0 aliphatic rings. The summed E-state index contributed by atoms with van der Waals surface area (Å²) in [5.41, 5.74) is 12.4. The molecule has 1 aromatic rings. The highest BCUT2D eigenvalue weighted by Gasteiger charge is 2.25. The van der Waals surface area contributed by atoms with Gasteiger partial charge in [-0.1, -0.05) is 26.0 Å². The molecular formula is C11H17FN2. The second kappa shape index (κ2) is 4.07. The van der Waals surface area contributed by atoms with Gasteiger partial charge in [0, 0.05) is 6.04 Å². The predicted octanol–water partition coefficient (Wildman–Crippen LogP) is 1.81. The number of hydrogen-bond donors (Lipinski definition) is 2. The molecule has 14 heavy (non-hydrogen) atoms. The first kappa shape index (κ1) is 11.1. The van der Waals surface area contributed by atoms with Crippen molar-refractivity contribution in [1.82, 2.24) is 0 Å². The van der Waals surface area contributed by atoms with E-state index < -0.39 is 0 Å². The summed E-state index contributed by atoms with van der Waals surface area (Å²) in [5, 5.41) is 0. The third kappa shape index (κ3) is 2.30. The minimum Gasteiger partial charge on any atom is -0.330 e. The number of rotatable bonds is 3. The normalized spacial score (nSPS) is 14.1. The van der Waals surface area contributed by atoms with Gasteiger partial charge >= 0.3 is 0 Å². The molecule has 2 nitrogen and oxygen atoms in total. The molecule has 0 amide bonds. The van der Waals surface area contributed by atoms with Crippen LogP contribution in [0.15, 0.2) is 24.3 Å². The van der Waals surface area contributed by atoms with Crippen LogP contribution in [-0.4, -0.2) is 6.54 Å². The standard InChI is InChI=1S/C11H17FN2/c1-11(2,7-13)10(14)8-3-5-9(12)6-4-8/h3-6,10H,7,13-14H2,1-2H3. The minimum atomic E-state index is -0.244. The van der Waals surface area contributed by atoms with Crippen LogP contribution >= 0.6 is 0 Å². The molecule has 0 fully saturated rings. The molecule has 0 spiro atoms. The zero-order valence-electron chi connectivity index (χ0n) is 8.63. The zero-order valence-corrected chi connectivity index (χ0v) is 8.63. The van der Waals surface area contributed by atoms with Gasteiger partial charge in [-0.05, 0) is 29.7 Å². The van der Waals surface area contributed by atoms with E-state index in [1.54, 1.807) is 12.1 Å². The van der Waals surface area contributed by atoms with Gasteiger partial charge < -0.3 is 11.5 Å². The fourth-order valence-corrected chi connectivity index (χ4v) is 1.25. The molecule has 1 unspecified atom stereocenters. The Morgan fingerprint density at radius 1 is 1.29 bits per heavy atom. The second-order valence-electron chi connectivity index (χ2n) is 4.22. The number of benzene rings is 1. The maximum atomic E-state index is 12.7. The average Bonchev–Trinajstić information content (AvgIpc) is 2.18. The molecular weight excluding hydrogens is 179 g/mol. The van der Waals surface area contributed by atoms with Gasteiger partial charge in [0.1, 0.15) is 5.82 Å². The summed E-state index contributed by atoms with van der Waals surface area (Å²) in [6.45, 7) is 4.51. The van der Waals surface area contributed by atoms with Crippen molar-refractivity contribution in [3.63, 3.8) is 0 Å². The van der Waals surface area contributed by atoms with Gasteiger partial charge in [0.15, 0.2) is 0 Å². The highest BCUT2D eigenvalue weighted by atomic mass is 19.1. The van der Waals surface area contributed by atoms with Crippen molar-refractivity contribution in [2.75, 3.05) is 6.54 Å². The van der Waals surface area contributed by atoms with Gasteiger partial charge in [-0.25, -0.2) is 4.39 Å². The van der Waals surface area contributed by atoms with Crippen LogP contribution < -0.4 is 11.5 Å². The van der Waals surface area contributed by atoms with E-state index in [9.17, 15) is 4.39 Å². The third-order valence-electron chi connectivity index (χ3n) is 2.60. The van der Waals surface area contributed by atoms with E-state index in [1.807, 2.05) is 13.8 Å². The molecule has 1 rings (SSSR count). The summed E-state index contributed by atoms with van der Waals surface area (Å²) >= 11 is 0. The summed E-state index contributed by atoms with van der Waals surface area (Å²) < 4.78 is 12.7. The van der Waals surface area contributed by atoms with Gasteiger partial charge in [0.2, 0.25) is 0 Å². The summed E-state index contributed by atoms with van der Waals surface area (Å²) in [4.78, 5) is 0. The lowest BCUT2D eigenvalue weighted by Crippen LogP contribution is -2.35. The first-order valence-electron chi connectivity index (χ1n) is 4.68. The fraction of sp³-hybridized carbons (Fsp3) is 0.455.